The molecule has 1 aliphatic rings. The summed E-state index contributed by atoms with van der Waals surface area (Å²) in [5, 5.41) is 0. The zero-order chi connectivity index (χ0) is 13.9. The topological polar surface area (TPSA) is 72.2 Å². The lowest BCUT2D eigenvalue weighted by Gasteiger charge is -2.33. The minimum atomic E-state index is -3.51. The van der Waals surface area contributed by atoms with Crippen molar-refractivity contribution >= 4 is 26.0 Å². The van der Waals surface area contributed by atoms with Gasteiger partial charge in [0.15, 0.2) is 0 Å². The second-order valence-electron chi connectivity index (χ2n) is 5.18. The molecule has 1 aromatic carbocycles. The van der Waals surface area contributed by atoms with Crippen LogP contribution in [0.4, 0.5) is 0 Å². The van der Waals surface area contributed by atoms with Crippen molar-refractivity contribution in [3.63, 3.8) is 0 Å². The summed E-state index contributed by atoms with van der Waals surface area (Å²) in [7, 11) is -3.51. The van der Waals surface area contributed by atoms with Crippen LogP contribution in [0, 0.1) is 0 Å². The summed E-state index contributed by atoms with van der Waals surface area (Å²) in [6, 6.07) is 6.79. The second-order valence-corrected chi connectivity index (χ2v) is 7.77. The molecule has 0 heterocycles. The van der Waals surface area contributed by atoms with Gasteiger partial charge < -0.3 is 5.73 Å². The highest BCUT2D eigenvalue weighted by Crippen LogP contribution is 2.26. The number of nitrogens with two attached hydrogens (primary N) is 1. The highest BCUT2D eigenvalue weighted by molar-refractivity contribution is 9.10. The molecule has 0 radical (unpaired) electrons. The zero-order valence-corrected chi connectivity index (χ0v) is 13.1. The predicted octanol–water partition coefficient (Wildman–Crippen LogP) is 2.39. The summed E-state index contributed by atoms with van der Waals surface area (Å²) in [6.45, 7) is 0.302. The van der Waals surface area contributed by atoms with E-state index in [0.717, 1.165) is 25.7 Å². The summed E-state index contributed by atoms with van der Waals surface area (Å²) >= 11 is 3.26. The van der Waals surface area contributed by atoms with Crippen LogP contribution < -0.4 is 10.5 Å². The van der Waals surface area contributed by atoms with Crippen LogP contribution in [-0.2, 0) is 10.0 Å². The molecule has 4 nitrogen and oxygen atoms in total. The molecule has 0 amide bonds. The SMILES string of the molecule is NC1(CNS(=O)(=O)c2ccccc2Br)CCCCC1. The Bertz CT molecular complexity index is 539. The lowest BCUT2D eigenvalue weighted by atomic mass is 9.83. The Labute approximate surface area is 122 Å². The highest BCUT2D eigenvalue weighted by atomic mass is 79.9. The summed E-state index contributed by atoms with van der Waals surface area (Å²) in [5.74, 6) is 0. The molecule has 0 spiro atoms. The Kier molecular flexibility index (Phi) is 4.66. The molecule has 0 aromatic heterocycles. The van der Waals surface area contributed by atoms with Crippen molar-refractivity contribution in [2.24, 2.45) is 5.73 Å². The number of benzene rings is 1. The van der Waals surface area contributed by atoms with Gasteiger partial charge in [0.1, 0.15) is 0 Å². The summed E-state index contributed by atoms with van der Waals surface area (Å²) < 4.78 is 27.7. The van der Waals surface area contributed by atoms with Gasteiger partial charge in [-0.3, -0.25) is 0 Å². The van der Waals surface area contributed by atoms with E-state index < -0.39 is 15.6 Å². The van der Waals surface area contributed by atoms with E-state index in [1.807, 2.05) is 0 Å². The molecule has 0 saturated heterocycles. The van der Waals surface area contributed by atoms with E-state index in [-0.39, 0.29) is 4.90 Å². The largest absolute Gasteiger partial charge is 0.324 e. The van der Waals surface area contributed by atoms with Crippen LogP contribution in [0.15, 0.2) is 33.6 Å². The molecule has 1 fully saturated rings. The molecule has 0 aliphatic heterocycles. The molecule has 2 rings (SSSR count). The maximum absolute atomic E-state index is 12.2. The maximum atomic E-state index is 12.2. The normalized spacial score (nSPS) is 19.3. The minimum absolute atomic E-state index is 0.259. The molecule has 19 heavy (non-hydrogen) atoms. The molecule has 1 aromatic rings. The fraction of sp³-hybridized carbons (Fsp3) is 0.538. The smallest absolute Gasteiger partial charge is 0.241 e. The standard InChI is InChI=1S/C13H19BrN2O2S/c14-11-6-2-3-7-12(11)19(17,18)16-10-13(15)8-4-1-5-9-13/h2-3,6-7,16H,1,4-5,8-10,15H2. The molecule has 3 N–H and O–H groups in total. The first-order valence-corrected chi connectivity index (χ1v) is 8.74. The summed E-state index contributed by atoms with van der Waals surface area (Å²) in [6.07, 6.45) is 5.10. The van der Waals surface area contributed by atoms with E-state index in [1.165, 1.54) is 6.42 Å². The van der Waals surface area contributed by atoms with Crippen molar-refractivity contribution in [1.82, 2.24) is 4.72 Å². The molecule has 106 valence electrons. The molecular weight excluding hydrogens is 328 g/mol. The van der Waals surface area contributed by atoms with E-state index in [1.54, 1.807) is 24.3 Å². The number of rotatable bonds is 4. The molecular formula is C13H19BrN2O2S. The third kappa shape index (κ3) is 3.78. The van der Waals surface area contributed by atoms with Crippen molar-refractivity contribution < 1.29 is 8.42 Å². The van der Waals surface area contributed by atoms with Gasteiger partial charge in [-0.05, 0) is 40.9 Å². The van der Waals surface area contributed by atoms with E-state index >= 15 is 0 Å². The first kappa shape index (κ1) is 15.0. The van der Waals surface area contributed by atoms with Crippen molar-refractivity contribution in [3.05, 3.63) is 28.7 Å². The van der Waals surface area contributed by atoms with Crippen LogP contribution in [0.5, 0.6) is 0 Å². The van der Waals surface area contributed by atoms with E-state index in [9.17, 15) is 8.42 Å². The van der Waals surface area contributed by atoms with E-state index in [0.29, 0.717) is 11.0 Å². The Morgan fingerprint density at radius 1 is 1.21 bits per heavy atom. The molecule has 0 bridgehead atoms. The van der Waals surface area contributed by atoms with Crippen LogP contribution in [0.25, 0.3) is 0 Å². The zero-order valence-electron chi connectivity index (χ0n) is 10.7. The van der Waals surface area contributed by atoms with Crippen LogP contribution in [0.1, 0.15) is 32.1 Å². The number of halogens is 1. The van der Waals surface area contributed by atoms with Crippen LogP contribution >= 0.6 is 15.9 Å². The quantitative estimate of drug-likeness (QED) is 0.878. The minimum Gasteiger partial charge on any atom is -0.324 e. The fourth-order valence-electron chi connectivity index (χ4n) is 2.41. The van der Waals surface area contributed by atoms with Crippen LogP contribution in [0.2, 0.25) is 0 Å². The monoisotopic (exact) mass is 346 g/mol. The average Bonchev–Trinajstić information content (AvgIpc) is 2.38. The van der Waals surface area contributed by atoms with Gasteiger partial charge >= 0.3 is 0 Å². The Morgan fingerprint density at radius 2 is 1.84 bits per heavy atom. The summed E-state index contributed by atoms with van der Waals surface area (Å²) in [5.41, 5.74) is 5.85. The van der Waals surface area contributed by atoms with Gasteiger partial charge in [-0.15, -0.1) is 0 Å². The van der Waals surface area contributed by atoms with Gasteiger partial charge in [0, 0.05) is 16.6 Å². The molecule has 0 unspecified atom stereocenters. The maximum Gasteiger partial charge on any atom is 0.241 e. The van der Waals surface area contributed by atoms with Gasteiger partial charge in [-0.25, -0.2) is 13.1 Å². The van der Waals surface area contributed by atoms with Gasteiger partial charge in [-0.2, -0.15) is 0 Å². The predicted molar refractivity (Wildman–Crippen MR) is 79.3 cm³/mol. The number of hydrogen-bond acceptors (Lipinski definition) is 3. The highest BCUT2D eigenvalue weighted by Gasteiger charge is 2.29. The molecule has 1 saturated carbocycles. The van der Waals surface area contributed by atoms with E-state index in [4.69, 9.17) is 5.73 Å². The number of nitrogens with one attached hydrogen (secondary N) is 1. The lowest BCUT2D eigenvalue weighted by Crippen LogP contribution is -2.51. The van der Waals surface area contributed by atoms with E-state index in [2.05, 4.69) is 20.7 Å². The van der Waals surface area contributed by atoms with Crippen molar-refractivity contribution in [2.45, 2.75) is 42.5 Å². The van der Waals surface area contributed by atoms with Crippen molar-refractivity contribution in [2.75, 3.05) is 6.54 Å². The molecule has 1 aliphatic carbocycles. The number of hydrogen-bond donors (Lipinski definition) is 2. The third-order valence-corrected chi connectivity index (χ3v) is 6.00. The van der Waals surface area contributed by atoms with Crippen LogP contribution in [0.3, 0.4) is 0 Å². The van der Waals surface area contributed by atoms with Gasteiger partial charge in [0.25, 0.3) is 0 Å². The average molecular weight is 347 g/mol. The van der Waals surface area contributed by atoms with Gasteiger partial charge in [-0.1, -0.05) is 31.4 Å². The number of sulfonamides is 1. The third-order valence-electron chi connectivity index (χ3n) is 3.59. The summed E-state index contributed by atoms with van der Waals surface area (Å²) in [4.78, 5) is 0.259. The van der Waals surface area contributed by atoms with Crippen molar-refractivity contribution in [1.29, 1.82) is 0 Å². The first-order valence-electron chi connectivity index (χ1n) is 6.46. The molecule has 0 atom stereocenters. The Balaban J connectivity index is 2.08. The van der Waals surface area contributed by atoms with Crippen molar-refractivity contribution in [3.8, 4) is 0 Å². The Hall–Kier alpha value is -0.430. The molecule has 6 heteroatoms. The van der Waals surface area contributed by atoms with Gasteiger partial charge in [0.05, 0.1) is 4.90 Å². The second kappa shape index (κ2) is 5.91. The fourth-order valence-corrected chi connectivity index (χ4v) is 4.55. The Morgan fingerprint density at radius 3 is 2.47 bits per heavy atom. The first-order chi connectivity index (χ1) is 8.93. The van der Waals surface area contributed by atoms with Gasteiger partial charge in [0.2, 0.25) is 10.0 Å². The lowest BCUT2D eigenvalue weighted by molar-refractivity contribution is 0.296. The van der Waals surface area contributed by atoms with Crippen LogP contribution in [-0.4, -0.2) is 20.5 Å².